The molecule has 92 valence electrons. The van der Waals surface area contributed by atoms with Crippen LogP contribution < -0.4 is 4.74 Å². The molecule has 0 saturated carbocycles. The van der Waals surface area contributed by atoms with Gasteiger partial charge in [0.1, 0.15) is 5.75 Å². The monoisotopic (exact) mass is 362 g/mol. The van der Waals surface area contributed by atoms with E-state index in [4.69, 9.17) is 9.47 Å². The highest BCUT2D eigenvalue weighted by atomic mass is 79.9. The van der Waals surface area contributed by atoms with E-state index in [1.807, 2.05) is 6.07 Å². The Kier molecular flexibility index (Phi) is 6.47. The Balaban J connectivity index is 2.42. The molecule has 0 aromatic heterocycles. The fraction of sp³-hybridized carbons (Fsp3) is 0.250. The number of carbonyl (C=O) groups is 1. The molecule has 0 N–H and O–H groups in total. The van der Waals surface area contributed by atoms with Crippen molar-refractivity contribution in [3.8, 4) is 5.75 Å². The van der Waals surface area contributed by atoms with Gasteiger partial charge in [-0.1, -0.05) is 50.1 Å². The van der Waals surface area contributed by atoms with Crippen LogP contribution in [0.15, 0.2) is 39.8 Å². The SMILES string of the molecule is CC(OCC(Br)=CBr)C(=O)Oc1ccccc1. The standard InChI is InChI=1S/C12H12Br2O3/c1-9(16-8-10(14)7-13)12(15)17-11-5-3-2-4-6-11/h2-7,9H,8H2,1H3. The molecular formula is C12H12Br2O3. The van der Waals surface area contributed by atoms with Crippen molar-refractivity contribution in [2.24, 2.45) is 0 Å². The smallest absolute Gasteiger partial charge is 0.340 e. The van der Waals surface area contributed by atoms with Gasteiger partial charge in [0.2, 0.25) is 0 Å². The number of esters is 1. The van der Waals surface area contributed by atoms with Crippen LogP contribution in [0.2, 0.25) is 0 Å². The number of rotatable bonds is 5. The zero-order chi connectivity index (χ0) is 12.7. The summed E-state index contributed by atoms with van der Waals surface area (Å²) in [6, 6.07) is 8.91. The Hall–Kier alpha value is -0.650. The maximum absolute atomic E-state index is 11.6. The topological polar surface area (TPSA) is 35.5 Å². The predicted molar refractivity (Wildman–Crippen MR) is 73.4 cm³/mol. The highest BCUT2D eigenvalue weighted by Crippen LogP contribution is 2.12. The number of ether oxygens (including phenoxy) is 2. The molecule has 0 radical (unpaired) electrons. The van der Waals surface area contributed by atoms with Crippen LogP contribution in [-0.4, -0.2) is 18.7 Å². The lowest BCUT2D eigenvalue weighted by Crippen LogP contribution is -2.26. The summed E-state index contributed by atoms with van der Waals surface area (Å²) in [7, 11) is 0. The van der Waals surface area contributed by atoms with Gasteiger partial charge in [-0.2, -0.15) is 0 Å². The molecule has 0 fully saturated rings. The molecule has 17 heavy (non-hydrogen) atoms. The number of hydrogen-bond donors (Lipinski definition) is 0. The Morgan fingerprint density at radius 1 is 1.41 bits per heavy atom. The molecule has 0 aliphatic carbocycles. The van der Waals surface area contributed by atoms with Gasteiger partial charge in [0.05, 0.1) is 6.61 Å². The van der Waals surface area contributed by atoms with E-state index in [0.717, 1.165) is 4.48 Å². The van der Waals surface area contributed by atoms with Gasteiger partial charge >= 0.3 is 5.97 Å². The van der Waals surface area contributed by atoms with Crippen LogP contribution in [0.1, 0.15) is 6.92 Å². The van der Waals surface area contributed by atoms with Gasteiger partial charge in [0.15, 0.2) is 6.10 Å². The summed E-state index contributed by atoms with van der Waals surface area (Å²) >= 11 is 6.41. The van der Waals surface area contributed by atoms with E-state index < -0.39 is 12.1 Å². The highest BCUT2D eigenvalue weighted by molar-refractivity contribution is 9.14. The van der Waals surface area contributed by atoms with E-state index >= 15 is 0 Å². The Morgan fingerprint density at radius 2 is 2.06 bits per heavy atom. The van der Waals surface area contributed by atoms with E-state index in [9.17, 15) is 4.79 Å². The van der Waals surface area contributed by atoms with Crippen LogP contribution in [0.4, 0.5) is 0 Å². The molecule has 1 atom stereocenters. The van der Waals surface area contributed by atoms with Gasteiger partial charge in [-0.25, -0.2) is 4.79 Å². The van der Waals surface area contributed by atoms with Crippen LogP contribution in [0.3, 0.4) is 0 Å². The lowest BCUT2D eigenvalue weighted by Gasteiger charge is -2.11. The fourth-order valence-electron chi connectivity index (χ4n) is 0.992. The molecule has 3 nitrogen and oxygen atoms in total. The van der Waals surface area contributed by atoms with Crippen molar-refractivity contribution >= 4 is 37.8 Å². The number of halogens is 2. The van der Waals surface area contributed by atoms with E-state index in [1.54, 1.807) is 36.2 Å². The molecule has 1 rings (SSSR count). The Labute approximate surface area is 117 Å². The first kappa shape index (κ1) is 14.4. The number of carbonyl (C=O) groups excluding carboxylic acids is 1. The summed E-state index contributed by atoms with van der Waals surface area (Å²) in [5, 5.41) is 0. The molecule has 1 aromatic carbocycles. The van der Waals surface area contributed by atoms with Gasteiger partial charge in [-0.15, -0.1) is 0 Å². The molecule has 0 aliphatic rings. The molecule has 0 aliphatic heterocycles. The minimum absolute atomic E-state index is 0.316. The van der Waals surface area contributed by atoms with Crippen LogP contribution in [-0.2, 0) is 9.53 Å². The van der Waals surface area contributed by atoms with Gasteiger partial charge in [0.25, 0.3) is 0 Å². The summed E-state index contributed by atoms with van der Waals surface area (Å²) < 4.78 is 11.3. The molecule has 1 unspecified atom stereocenters. The third kappa shape index (κ3) is 5.48. The minimum atomic E-state index is -0.616. The molecule has 0 bridgehead atoms. The van der Waals surface area contributed by atoms with Crippen LogP contribution in [0, 0.1) is 0 Å². The molecule has 0 saturated heterocycles. The highest BCUT2D eigenvalue weighted by Gasteiger charge is 2.15. The first-order chi connectivity index (χ1) is 8.13. The van der Waals surface area contributed by atoms with Crippen molar-refractivity contribution in [3.63, 3.8) is 0 Å². The van der Waals surface area contributed by atoms with Gasteiger partial charge in [-0.05, 0) is 24.0 Å². The zero-order valence-electron chi connectivity index (χ0n) is 9.23. The van der Waals surface area contributed by atoms with Gasteiger partial charge in [0, 0.05) is 4.48 Å². The molecule has 0 heterocycles. The predicted octanol–water partition coefficient (Wildman–Crippen LogP) is 3.63. The maximum atomic E-state index is 11.6. The largest absolute Gasteiger partial charge is 0.425 e. The normalized spacial score (nSPS) is 13.2. The summed E-state index contributed by atoms with van der Waals surface area (Å²) in [5.74, 6) is 0.106. The van der Waals surface area contributed by atoms with Crippen molar-refractivity contribution < 1.29 is 14.3 Å². The Morgan fingerprint density at radius 3 is 2.65 bits per heavy atom. The second-order valence-electron chi connectivity index (χ2n) is 3.24. The average molecular weight is 364 g/mol. The summed E-state index contributed by atoms with van der Waals surface area (Å²) in [6.45, 7) is 1.97. The summed E-state index contributed by atoms with van der Waals surface area (Å²) in [6.07, 6.45) is -0.616. The molecular weight excluding hydrogens is 352 g/mol. The second kappa shape index (κ2) is 7.63. The molecule has 0 spiro atoms. The van der Waals surface area contributed by atoms with Crippen molar-refractivity contribution in [3.05, 3.63) is 39.8 Å². The van der Waals surface area contributed by atoms with Crippen molar-refractivity contribution in [2.45, 2.75) is 13.0 Å². The lowest BCUT2D eigenvalue weighted by molar-refractivity contribution is -0.145. The van der Waals surface area contributed by atoms with E-state index in [-0.39, 0.29) is 0 Å². The average Bonchev–Trinajstić information content (AvgIpc) is 2.36. The number of para-hydroxylation sites is 1. The van der Waals surface area contributed by atoms with Crippen molar-refractivity contribution in [1.29, 1.82) is 0 Å². The first-order valence-electron chi connectivity index (χ1n) is 4.96. The molecule has 1 aromatic rings. The summed E-state index contributed by atoms with van der Waals surface area (Å²) in [4.78, 5) is 13.3. The fourth-order valence-corrected chi connectivity index (χ4v) is 1.26. The molecule has 5 heteroatoms. The first-order valence-corrected chi connectivity index (χ1v) is 6.67. The van der Waals surface area contributed by atoms with Crippen LogP contribution >= 0.6 is 31.9 Å². The van der Waals surface area contributed by atoms with Crippen LogP contribution in [0.5, 0.6) is 5.75 Å². The number of benzene rings is 1. The van der Waals surface area contributed by atoms with Gasteiger partial charge < -0.3 is 9.47 Å². The second-order valence-corrected chi connectivity index (χ2v) is 4.72. The van der Waals surface area contributed by atoms with Crippen LogP contribution in [0.25, 0.3) is 0 Å². The van der Waals surface area contributed by atoms with E-state index in [2.05, 4.69) is 31.9 Å². The lowest BCUT2D eigenvalue weighted by atomic mass is 10.3. The quantitative estimate of drug-likeness (QED) is 0.592. The van der Waals surface area contributed by atoms with Crippen molar-refractivity contribution in [1.82, 2.24) is 0 Å². The maximum Gasteiger partial charge on any atom is 0.340 e. The van der Waals surface area contributed by atoms with Gasteiger partial charge in [-0.3, -0.25) is 0 Å². The van der Waals surface area contributed by atoms with E-state index in [0.29, 0.717) is 12.4 Å². The molecule has 0 amide bonds. The van der Waals surface area contributed by atoms with E-state index in [1.165, 1.54) is 0 Å². The Bertz CT molecular complexity index is 390. The number of hydrogen-bond acceptors (Lipinski definition) is 3. The summed E-state index contributed by atoms with van der Waals surface area (Å²) in [5.41, 5.74) is 0. The third-order valence-corrected chi connectivity index (χ3v) is 3.51. The van der Waals surface area contributed by atoms with Crippen molar-refractivity contribution in [2.75, 3.05) is 6.61 Å². The zero-order valence-corrected chi connectivity index (χ0v) is 12.4. The minimum Gasteiger partial charge on any atom is -0.425 e. The third-order valence-electron chi connectivity index (χ3n) is 1.88.